The monoisotopic (exact) mass is 468 g/mol. The third-order valence-corrected chi connectivity index (χ3v) is 12.8. The van der Waals surface area contributed by atoms with Gasteiger partial charge in [0.05, 0.1) is 5.41 Å². The number of carboxylic acids is 1. The van der Waals surface area contributed by atoms with E-state index in [0.29, 0.717) is 18.6 Å². The second-order valence-electron chi connectivity index (χ2n) is 14.7. The minimum Gasteiger partial charge on any atom is -0.481 e. The molecule has 0 bridgehead atoms. The average Bonchev–Trinajstić information content (AvgIpc) is 2.73. The van der Waals surface area contributed by atoms with E-state index in [1.165, 1.54) is 5.57 Å². The van der Waals surface area contributed by atoms with E-state index < -0.39 is 11.4 Å². The van der Waals surface area contributed by atoms with Crippen molar-refractivity contribution in [2.75, 3.05) is 0 Å². The van der Waals surface area contributed by atoms with Crippen molar-refractivity contribution in [3.05, 3.63) is 11.6 Å². The minimum absolute atomic E-state index is 0.0707. The third kappa shape index (κ3) is 2.75. The molecule has 0 aromatic heterocycles. The molecule has 0 aliphatic heterocycles. The maximum Gasteiger partial charge on any atom is 0.309 e. The van der Waals surface area contributed by atoms with Gasteiger partial charge in [0.25, 0.3) is 0 Å². The van der Waals surface area contributed by atoms with Crippen molar-refractivity contribution in [1.29, 1.82) is 0 Å². The fourth-order valence-corrected chi connectivity index (χ4v) is 10.2. The summed E-state index contributed by atoms with van der Waals surface area (Å²) in [6.45, 7) is 15.5. The third-order valence-electron chi connectivity index (χ3n) is 12.8. The number of fused-ring (bicyclic) bond motifs is 7. The number of ketones is 2. The zero-order valence-corrected chi connectivity index (χ0v) is 22.3. The van der Waals surface area contributed by atoms with Crippen LogP contribution in [0.2, 0.25) is 0 Å². The first-order valence-corrected chi connectivity index (χ1v) is 13.6. The van der Waals surface area contributed by atoms with Crippen LogP contribution in [0.4, 0.5) is 0 Å². The van der Waals surface area contributed by atoms with Gasteiger partial charge in [0.2, 0.25) is 0 Å². The highest BCUT2D eigenvalue weighted by molar-refractivity contribution is 5.96. The van der Waals surface area contributed by atoms with Crippen molar-refractivity contribution in [2.24, 2.45) is 50.2 Å². The highest BCUT2D eigenvalue weighted by atomic mass is 16.4. The summed E-state index contributed by atoms with van der Waals surface area (Å²) in [5.74, 6) is 0.222. The molecule has 4 nitrogen and oxygen atoms in total. The first kappa shape index (κ1) is 24.3. The number of carboxylic acid groups (broad SMARTS) is 1. The largest absolute Gasteiger partial charge is 0.481 e. The summed E-state index contributed by atoms with van der Waals surface area (Å²) in [5, 5.41) is 10.0. The van der Waals surface area contributed by atoms with Crippen molar-refractivity contribution < 1.29 is 19.5 Å². The highest BCUT2D eigenvalue weighted by Gasteiger charge is 2.70. The van der Waals surface area contributed by atoms with E-state index in [1.54, 1.807) is 0 Å². The van der Waals surface area contributed by atoms with E-state index in [0.717, 1.165) is 44.9 Å². The van der Waals surface area contributed by atoms with E-state index in [1.807, 2.05) is 13.0 Å². The zero-order chi connectivity index (χ0) is 25.1. The van der Waals surface area contributed by atoms with Crippen LogP contribution >= 0.6 is 0 Å². The Morgan fingerprint density at radius 2 is 1.56 bits per heavy atom. The van der Waals surface area contributed by atoms with Gasteiger partial charge in [-0.2, -0.15) is 0 Å². The molecule has 8 atom stereocenters. The van der Waals surface area contributed by atoms with Crippen LogP contribution in [0, 0.1) is 50.2 Å². The molecule has 34 heavy (non-hydrogen) atoms. The SMILES string of the molecule is CC1(C)C(=O)CC[C@@]2(C)C1CC[C@]1(C)C2C(=O)C=C2C3C[C@@](C)(C(=O)O)CC[C@]3(C)CC[C@]21C. The summed E-state index contributed by atoms with van der Waals surface area (Å²) in [6.07, 6.45) is 9.78. The fraction of sp³-hybridized carbons (Fsp3) is 0.833. The minimum atomic E-state index is -0.721. The van der Waals surface area contributed by atoms with Crippen LogP contribution in [0.15, 0.2) is 11.6 Å². The molecule has 5 aliphatic carbocycles. The normalized spacial score (nSPS) is 52.0. The number of carbonyl (C=O) groups excluding carboxylic acids is 2. The van der Waals surface area contributed by atoms with E-state index in [2.05, 4.69) is 41.5 Å². The lowest BCUT2D eigenvalue weighted by Crippen LogP contribution is -2.66. The van der Waals surface area contributed by atoms with Crippen LogP contribution in [-0.2, 0) is 14.4 Å². The van der Waals surface area contributed by atoms with Crippen LogP contribution in [0.3, 0.4) is 0 Å². The summed E-state index contributed by atoms with van der Waals surface area (Å²) < 4.78 is 0. The molecule has 3 unspecified atom stereocenters. The number of hydrogen-bond donors (Lipinski definition) is 1. The molecular weight excluding hydrogens is 424 g/mol. The van der Waals surface area contributed by atoms with Crippen LogP contribution < -0.4 is 0 Å². The predicted octanol–water partition coefficient (Wildman–Crippen LogP) is 6.62. The molecule has 0 heterocycles. The molecule has 0 radical (unpaired) electrons. The summed E-state index contributed by atoms with van der Waals surface area (Å²) in [6, 6.07) is 0. The van der Waals surface area contributed by atoms with E-state index in [9.17, 15) is 19.5 Å². The topological polar surface area (TPSA) is 71.4 Å². The van der Waals surface area contributed by atoms with E-state index in [-0.39, 0.29) is 50.6 Å². The van der Waals surface area contributed by atoms with Gasteiger partial charge in [0.15, 0.2) is 5.78 Å². The van der Waals surface area contributed by atoms with Crippen LogP contribution in [-0.4, -0.2) is 22.6 Å². The lowest BCUT2D eigenvalue weighted by atomic mass is 9.33. The Morgan fingerprint density at radius 1 is 0.912 bits per heavy atom. The van der Waals surface area contributed by atoms with Crippen molar-refractivity contribution in [2.45, 2.75) is 106 Å². The Hall–Kier alpha value is -1.45. The summed E-state index contributed by atoms with van der Waals surface area (Å²) in [5.41, 5.74) is -0.205. The molecule has 4 saturated carbocycles. The van der Waals surface area contributed by atoms with Gasteiger partial charge in [0, 0.05) is 17.8 Å². The Kier molecular flexibility index (Phi) is 4.89. The van der Waals surface area contributed by atoms with Crippen molar-refractivity contribution in [1.82, 2.24) is 0 Å². The van der Waals surface area contributed by atoms with Crippen molar-refractivity contribution in [3.63, 3.8) is 0 Å². The van der Waals surface area contributed by atoms with Gasteiger partial charge >= 0.3 is 5.97 Å². The maximum atomic E-state index is 14.2. The molecule has 188 valence electrons. The smallest absolute Gasteiger partial charge is 0.309 e. The Labute approximate surface area is 205 Å². The van der Waals surface area contributed by atoms with E-state index >= 15 is 0 Å². The predicted molar refractivity (Wildman–Crippen MR) is 132 cm³/mol. The summed E-state index contributed by atoms with van der Waals surface area (Å²) in [7, 11) is 0. The molecule has 1 N–H and O–H groups in total. The van der Waals surface area contributed by atoms with Crippen LogP contribution in [0.5, 0.6) is 0 Å². The first-order valence-electron chi connectivity index (χ1n) is 13.6. The number of Topliss-reactive ketones (excluding diaryl/α,β-unsaturated/α-hetero) is 1. The fourth-order valence-electron chi connectivity index (χ4n) is 10.2. The van der Waals surface area contributed by atoms with Crippen LogP contribution in [0.1, 0.15) is 106 Å². The van der Waals surface area contributed by atoms with Crippen LogP contribution in [0.25, 0.3) is 0 Å². The van der Waals surface area contributed by atoms with Gasteiger partial charge in [-0.25, -0.2) is 0 Å². The quantitative estimate of drug-likeness (QED) is 0.469. The molecule has 0 saturated heterocycles. The molecule has 0 aromatic rings. The van der Waals surface area contributed by atoms with Crippen molar-refractivity contribution in [3.8, 4) is 0 Å². The van der Waals surface area contributed by atoms with Gasteiger partial charge in [0.1, 0.15) is 5.78 Å². The number of rotatable bonds is 1. The molecule has 4 fully saturated rings. The molecule has 4 heteroatoms. The molecular formula is C30H44O4. The zero-order valence-electron chi connectivity index (χ0n) is 22.3. The molecule has 5 aliphatic rings. The molecule has 0 spiro atoms. The van der Waals surface area contributed by atoms with Gasteiger partial charge in [-0.15, -0.1) is 0 Å². The van der Waals surface area contributed by atoms with Gasteiger partial charge in [-0.05, 0) is 97.9 Å². The lowest BCUT2D eigenvalue weighted by Gasteiger charge is -2.69. The summed E-state index contributed by atoms with van der Waals surface area (Å²) >= 11 is 0. The number of carbonyl (C=O) groups is 3. The molecule has 0 amide bonds. The standard InChI is InChI=1S/C30H44O4/c1-25(2)21-8-11-30(7)23(28(21,5)10-9-22(25)32)20(31)16-18-19-17-27(4,24(33)34)13-12-26(19,3)14-15-29(18,30)6/h16,19,21,23H,8-15,17H2,1-7H3,(H,33,34)/t19?,21?,23?,26-,27+,28+,29-,30-/m1/s1. The Morgan fingerprint density at radius 3 is 2.21 bits per heavy atom. The highest BCUT2D eigenvalue weighted by Crippen LogP contribution is 2.74. The second-order valence-corrected chi connectivity index (χ2v) is 14.7. The van der Waals surface area contributed by atoms with E-state index in [4.69, 9.17) is 0 Å². The second kappa shape index (κ2) is 6.85. The maximum absolute atomic E-state index is 14.2. The van der Waals surface area contributed by atoms with Gasteiger partial charge in [-0.3, -0.25) is 14.4 Å². The molecule has 0 aromatic carbocycles. The number of hydrogen-bond acceptors (Lipinski definition) is 3. The Balaban J connectivity index is 1.63. The number of aliphatic carboxylic acids is 1. The van der Waals surface area contributed by atoms with Gasteiger partial charge in [-0.1, -0.05) is 47.1 Å². The summed E-state index contributed by atoms with van der Waals surface area (Å²) in [4.78, 5) is 39.3. The Bertz CT molecular complexity index is 1010. The lowest BCUT2D eigenvalue weighted by molar-refractivity contribution is -0.188. The average molecular weight is 469 g/mol. The number of allylic oxidation sites excluding steroid dienone is 2. The van der Waals surface area contributed by atoms with Gasteiger partial charge < -0.3 is 5.11 Å². The van der Waals surface area contributed by atoms with Crippen molar-refractivity contribution >= 4 is 17.5 Å². The molecule has 5 rings (SSSR count). The first-order chi connectivity index (χ1) is 15.6.